The number of hydrogen-bond acceptors (Lipinski definition) is 2. The molecular weight excluding hydrogens is 174 g/mol. The molecule has 0 amide bonds. The molecule has 2 fully saturated rings. The Balaban J connectivity index is 1.68. The van der Waals surface area contributed by atoms with Gasteiger partial charge >= 0.3 is 0 Å². The molecule has 2 rings (SSSR count). The van der Waals surface area contributed by atoms with Crippen LogP contribution in [0.1, 0.15) is 51.9 Å². The van der Waals surface area contributed by atoms with Crippen molar-refractivity contribution in [2.24, 2.45) is 11.7 Å². The Bertz CT molecular complexity index is 183. The second-order valence-corrected chi connectivity index (χ2v) is 5.28. The molecule has 2 heteroatoms. The van der Waals surface area contributed by atoms with Crippen molar-refractivity contribution in [2.45, 2.75) is 63.5 Å². The minimum absolute atomic E-state index is 0.225. The number of nitrogens with two attached hydrogens (primary N) is 1. The zero-order valence-electron chi connectivity index (χ0n) is 9.30. The summed E-state index contributed by atoms with van der Waals surface area (Å²) < 4.78 is 5.78. The first kappa shape index (κ1) is 10.4. The van der Waals surface area contributed by atoms with E-state index < -0.39 is 0 Å². The van der Waals surface area contributed by atoms with Crippen molar-refractivity contribution in [1.29, 1.82) is 0 Å². The minimum atomic E-state index is 0.225. The molecule has 0 aromatic rings. The van der Waals surface area contributed by atoms with E-state index >= 15 is 0 Å². The predicted molar refractivity (Wildman–Crippen MR) is 58.1 cm³/mol. The van der Waals surface area contributed by atoms with Crippen LogP contribution in [0.5, 0.6) is 0 Å². The van der Waals surface area contributed by atoms with Gasteiger partial charge in [0.1, 0.15) is 0 Å². The summed E-state index contributed by atoms with van der Waals surface area (Å²) in [5.74, 6) is 0.705. The molecule has 82 valence electrons. The van der Waals surface area contributed by atoms with Gasteiger partial charge in [-0.15, -0.1) is 0 Å². The quantitative estimate of drug-likeness (QED) is 0.751. The molecule has 1 saturated heterocycles. The van der Waals surface area contributed by atoms with Crippen LogP contribution in [0.4, 0.5) is 0 Å². The van der Waals surface area contributed by atoms with Gasteiger partial charge in [0.2, 0.25) is 0 Å². The third-order valence-electron chi connectivity index (χ3n) is 3.84. The highest BCUT2D eigenvalue weighted by Crippen LogP contribution is 2.38. The highest BCUT2D eigenvalue weighted by Gasteiger charge is 2.38. The van der Waals surface area contributed by atoms with Gasteiger partial charge in [0.25, 0.3) is 0 Å². The minimum Gasteiger partial charge on any atom is -0.378 e. The van der Waals surface area contributed by atoms with Crippen LogP contribution in [0, 0.1) is 5.92 Å². The molecule has 2 atom stereocenters. The van der Waals surface area contributed by atoms with E-state index in [9.17, 15) is 0 Å². The van der Waals surface area contributed by atoms with Gasteiger partial charge in [-0.05, 0) is 50.9 Å². The summed E-state index contributed by atoms with van der Waals surface area (Å²) in [5, 5.41) is 0. The lowest BCUT2D eigenvalue weighted by Gasteiger charge is -2.28. The van der Waals surface area contributed by atoms with Crippen LogP contribution in [-0.2, 0) is 4.74 Å². The van der Waals surface area contributed by atoms with Crippen LogP contribution in [0.3, 0.4) is 0 Å². The van der Waals surface area contributed by atoms with E-state index in [1.165, 1.54) is 44.9 Å². The van der Waals surface area contributed by atoms with Gasteiger partial charge in [0.15, 0.2) is 0 Å². The summed E-state index contributed by atoms with van der Waals surface area (Å²) in [4.78, 5) is 0. The van der Waals surface area contributed by atoms with Crippen molar-refractivity contribution in [3.63, 3.8) is 0 Å². The molecule has 2 aliphatic rings. The zero-order chi connectivity index (χ0) is 10.0. The molecule has 14 heavy (non-hydrogen) atoms. The molecule has 1 aliphatic heterocycles. The van der Waals surface area contributed by atoms with Crippen molar-refractivity contribution in [1.82, 2.24) is 0 Å². The fourth-order valence-electron chi connectivity index (χ4n) is 2.33. The van der Waals surface area contributed by atoms with Crippen molar-refractivity contribution in [2.75, 3.05) is 6.61 Å². The van der Waals surface area contributed by atoms with E-state index in [1.807, 2.05) is 0 Å². The molecule has 2 unspecified atom stereocenters. The second-order valence-electron chi connectivity index (χ2n) is 5.28. The number of hydrogen-bond donors (Lipinski definition) is 1. The van der Waals surface area contributed by atoms with Crippen molar-refractivity contribution in [3.8, 4) is 0 Å². The van der Waals surface area contributed by atoms with Crippen LogP contribution in [0.2, 0.25) is 0 Å². The van der Waals surface area contributed by atoms with E-state index in [0.717, 1.165) is 6.61 Å². The topological polar surface area (TPSA) is 35.2 Å². The third-order valence-corrected chi connectivity index (χ3v) is 3.84. The zero-order valence-corrected chi connectivity index (χ0v) is 9.30. The van der Waals surface area contributed by atoms with Crippen molar-refractivity contribution >= 4 is 0 Å². The van der Waals surface area contributed by atoms with E-state index in [4.69, 9.17) is 10.5 Å². The highest BCUT2D eigenvalue weighted by molar-refractivity contribution is 4.98. The molecule has 0 aromatic carbocycles. The Morgan fingerprint density at radius 1 is 1.43 bits per heavy atom. The summed E-state index contributed by atoms with van der Waals surface area (Å²) in [6.45, 7) is 3.30. The van der Waals surface area contributed by atoms with E-state index in [2.05, 4.69) is 6.92 Å². The Kier molecular flexibility index (Phi) is 3.13. The molecule has 0 bridgehead atoms. The van der Waals surface area contributed by atoms with E-state index in [-0.39, 0.29) is 5.54 Å². The van der Waals surface area contributed by atoms with Crippen LogP contribution < -0.4 is 5.73 Å². The molecule has 0 radical (unpaired) electrons. The van der Waals surface area contributed by atoms with Gasteiger partial charge in [0, 0.05) is 12.1 Å². The van der Waals surface area contributed by atoms with Gasteiger partial charge in [-0.2, -0.15) is 0 Å². The Hall–Kier alpha value is -0.0800. The maximum Gasteiger partial charge on any atom is 0.0600 e. The molecule has 1 saturated carbocycles. The maximum atomic E-state index is 6.08. The molecule has 1 aliphatic carbocycles. The normalized spacial score (nSPS) is 32.6. The lowest BCUT2D eigenvalue weighted by atomic mass is 9.91. The number of rotatable bonds is 4. The van der Waals surface area contributed by atoms with Crippen LogP contribution >= 0.6 is 0 Å². The van der Waals surface area contributed by atoms with Crippen LogP contribution in [0.25, 0.3) is 0 Å². The van der Waals surface area contributed by atoms with Gasteiger partial charge < -0.3 is 10.5 Å². The smallest absolute Gasteiger partial charge is 0.0600 e. The Labute approximate surface area is 87.2 Å². The summed E-state index contributed by atoms with van der Waals surface area (Å²) >= 11 is 0. The Morgan fingerprint density at radius 3 is 2.79 bits per heavy atom. The van der Waals surface area contributed by atoms with E-state index in [0.29, 0.717) is 12.0 Å². The maximum absolute atomic E-state index is 6.08. The molecule has 0 spiro atoms. The highest BCUT2D eigenvalue weighted by atomic mass is 16.5. The fourth-order valence-corrected chi connectivity index (χ4v) is 2.33. The van der Waals surface area contributed by atoms with Gasteiger partial charge in [-0.1, -0.05) is 6.92 Å². The van der Waals surface area contributed by atoms with E-state index in [1.54, 1.807) is 0 Å². The van der Waals surface area contributed by atoms with Crippen LogP contribution in [0.15, 0.2) is 0 Å². The fraction of sp³-hybridized carbons (Fsp3) is 1.00. The lowest BCUT2D eigenvalue weighted by Crippen LogP contribution is -2.29. The van der Waals surface area contributed by atoms with Gasteiger partial charge in [0.05, 0.1) is 6.10 Å². The van der Waals surface area contributed by atoms with Crippen molar-refractivity contribution in [3.05, 3.63) is 0 Å². The molecular formula is C12H23NO. The summed E-state index contributed by atoms with van der Waals surface area (Å²) in [7, 11) is 0. The number of ether oxygens (including phenoxy) is 1. The van der Waals surface area contributed by atoms with Gasteiger partial charge in [-0.3, -0.25) is 0 Å². The first-order valence-electron chi connectivity index (χ1n) is 6.10. The second kappa shape index (κ2) is 4.19. The molecule has 1 heterocycles. The molecule has 2 N–H and O–H groups in total. The summed E-state index contributed by atoms with van der Waals surface area (Å²) in [6.07, 6.45) is 9.32. The standard InChI is InChI=1S/C12H23NO/c1-10(5-6-12(13)7-8-12)11-4-2-3-9-14-11/h10-11H,2-9,13H2,1H3. The average molecular weight is 197 g/mol. The average Bonchev–Trinajstić information content (AvgIpc) is 2.95. The SMILES string of the molecule is CC(CCC1(N)CC1)C1CCCCO1. The molecule has 2 nitrogen and oxygen atoms in total. The largest absolute Gasteiger partial charge is 0.378 e. The monoisotopic (exact) mass is 197 g/mol. The predicted octanol–water partition coefficient (Wildman–Crippen LogP) is 2.46. The van der Waals surface area contributed by atoms with Gasteiger partial charge in [-0.25, -0.2) is 0 Å². The summed E-state index contributed by atoms with van der Waals surface area (Å²) in [6, 6.07) is 0. The summed E-state index contributed by atoms with van der Waals surface area (Å²) in [5.41, 5.74) is 6.31. The third kappa shape index (κ3) is 2.71. The van der Waals surface area contributed by atoms with Crippen LogP contribution in [-0.4, -0.2) is 18.2 Å². The van der Waals surface area contributed by atoms with Crippen molar-refractivity contribution < 1.29 is 4.74 Å². The Morgan fingerprint density at radius 2 is 2.21 bits per heavy atom. The first-order chi connectivity index (χ1) is 6.70. The lowest BCUT2D eigenvalue weighted by molar-refractivity contribution is -0.0191. The first-order valence-corrected chi connectivity index (χ1v) is 6.10. The molecule has 0 aromatic heterocycles.